The first-order valence-corrected chi connectivity index (χ1v) is 15.3. The summed E-state index contributed by atoms with van der Waals surface area (Å²) in [6.45, 7) is 0.747. The largest absolute Gasteiger partial charge is 0.394 e. The van der Waals surface area contributed by atoms with Gasteiger partial charge in [0.1, 0.15) is 17.9 Å². The van der Waals surface area contributed by atoms with Gasteiger partial charge in [0.2, 0.25) is 11.9 Å². The molecule has 1 fully saturated rings. The van der Waals surface area contributed by atoms with Gasteiger partial charge in [-0.3, -0.25) is 19.6 Å². The van der Waals surface area contributed by atoms with E-state index in [1.807, 2.05) is 53.1 Å². The minimum absolute atomic E-state index is 0.133. The molecular formula is C37H33N6O3. The van der Waals surface area contributed by atoms with Crippen LogP contribution in [0.15, 0.2) is 128 Å². The highest BCUT2D eigenvalue weighted by molar-refractivity contribution is 5.91. The van der Waals surface area contributed by atoms with Crippen molar-refractivity contribution in [2.75, 3.05) is 25.0 Å². The number of aliphatic hydroxyl groups excluding tert-OH is 1. The summed E-state index contributed by atoms with van der Waals surface area (Å²) < 4.78 is 8.32. The van der Waals surface area contributed by atoms with Gasteiger partial charge in [0, 0.05) is 13.1 Å². The first-order chi connectivity index (χ1) is 22.6. The summed E-state index contributed by atoms with van der Waals surface area (Å²) in [4.78, 5) is 28.6. The number of aromatic nitrogens is 4. The highest BCUT2D eigenvalue weighted by Gasteiger charge is 2.46. The van der Waals surface area contributed by atoms with E-state index >= 15 is 0 Å². The molecule has 1 saturated heterocycles. The number of aliphatic hydroxyl groups is 1. The standard InChI is InChI=1S/C37H33N6O3/c44-25-31-23-42(37(28-15-7-2-8-16-28,29-17-9-3-10-18-29)30-19-11-4-12-20-30)24-34(46-31)43-26-39-32-22-38-36(41-35(32)43)40-33(45)21-27-13-5-1-6-14-27/h1-20,26,31,34,44H,21,23-25H2,(H,38,40,41,45). The van der Waals surface area contributed by atoms with Crippen molar-refractivity contribution in [3.05, 3.63) is 156 Å². The Labute approximate surface area is 267 Å². The summed E-state index contributed by atoms with van der Waals surface area (Å²) in [5.41, 5.74) is 4.39. The van der Waals surface area contributed by atoms with Crippen molar-refractivity contribution in [1.29, 1.82) is 0 Å². The number of carbonyl (C=O) groups excluding carboxylic acids is 1. The van der Waals surface area contributed by atoms with Crippen LogP contribution in [-0.2, 0) is 21.5 Å². The van der Waals surface area contributed by atoms with Crippen LogP contribution in [0.1, 0.15) is 28.5 Å². The Bertz CT molecular complexity index is 1800. The zero-order chi connectivity index (χ0) is 31.3. The highest BCUT2D eigenvalue weighted by Crippen LogP contribution is 2.44. The summed E-state index contributed by atoms with van der Waals surface area (Å²) in [6.07, 6.45) is 3.70. The molecule has 0 saturated carbocycles. The number of ether oxygens (including phenoxy) is 1. The fourth-order valence-corrected chi connectivity index (χ4v) is 6.42. The molecule has 9 heteroatoms. The molecule has 0 bridgehead atoms. The zero-order valence-electron chi connectivity index (χ0n) is 25.1. The van der Waals surface area contributed by atoms with Crippen molar-refractivity contribution in [3.8, 4) is 0 Å². The lowest BCUT2D eigenvalue weighted by Gasteiger charge is -2.50. The molecule has 0 spiro atoms. The number of amides is 1. The molecule has 1 amide bonds. The van der Waals surface area contributed by atoms with Crippen LogP contribution < -0.4 is 5.32 Å². The zero-order valence-corrected chi connectivity index (χ0v) is 25.1. The number of hydrogen-bond acceptors (Lipinski definition) is 7. The predicted molar refractivity (Wildman–Crippen MR) is 175 cm³/mol. The second-order valence-corrected chi connectivity index (χ2v) is 11.3. The van der Waals surface area contributed by atoms with Gasteiger partial charge in [-0.1, -0.05) is 121 Å². The highest BCUT2D eigenvalue weighted by atomic mass is 16.5. The van der Waals surface area contributed by atoms with Gasteiger partial charge in [-0.25, -0.2) is 9.97 Å². The van der Waals surface area contributed by atoms with E-state index in [2.05, 4.69) is 104 Å². The van der Waals surface area contributed by atoms with Gasteiger partial charge in [-0.2, -0.15) is 4.98 Å². The molecule has 46 heavy (non-hydrogen) atoms. The van der Waals surface area contributed by atoms with Gasteiger partial charge in [0.25, 0.3) is 0 Å². The molecule has 6 aromatic rings. The maximum absolute atomic E-state index is 12.8. The average molecular weight is 610 g/mol. The summed E-state index contributed by atoms with van der Waals surface area (Å²) in [7, 11) is 0. The van der Waals surface area contributed by atoms with Gasteiger partial charge < -0.3 is 9.84 Å². The number of fused-ring (bicyclic) bond motifs is 1. The lowest BCUT2D eigenvalue weighted by molar-refractivity contribution is -0.148. The smallest absolute Gasteiger partial charge is 0.232 e. The van der Waals surface area contributed by atoms with E-state index in [0.29, 0.717) is 24.3 Å². The molecule has 7 rings (SSSR count). The molecule has 1 aliphatic heterocycles. The van der Waals surface area contributed by atoms with Crippen LogP contribution >= 0.6 is 0 Å². The van der Waals surface area contributed by atoms with E-state index in [-0.39, 0.29) is 24.9 Å². The van der Waals surface area contributed by atoms with Crippen molar-refractivity contribution in [2.45, 2.75) is 24.3 Å². The summed E-state index contributed by atoms with van der Waals surface area (Å²) in [5, 5.41) is 13.3. The Balaban J connectivity index is 1.28. The van der Waals surface area contributed by atoms with Crippen LogP contribution in [0.4, 0.5) is 5.95 Å². The molecule has 2 aromatic heterocycles. The molecule has 9 nitrogen and oxygen atoms in total. The molecule has 229 valence electrons. The average Bonchev–Trinajstić information content (AvgIpc) is 3.54. The SMILES string of the molecule is O=C(Cc1ccccc1)Nc1n[c]c2ncn(C3CN(C(c4ccccc4)(c4ccccc4)c4ccccc4)CC(CO)O3)c2n1. The lowest BCUT2D eigenvalue weighted by atomic mass is 9.75. The van der Waals surface area contributed by atoms with Crippen molar-refractivity contribution in [2.24, 2.45) is 0 Å². The number of benzene rings is 4. The summed E-state index contributed by atoms with van der Waals surface area (Å²) in [5.74, 6) is -0.0995. The van der Waals surface area contributed by atoms with Crippen molar-refractivity contribution in [3.63, 3.8) is 0 Å². The third-order valence-corrected chi connectivity index (χ3v) is 8.42. The minimum Gasteiger partial charge on any atom is -0.394 e. The quantitative estimate of drug-likeness (QED) is 0.223. The Morgan fingerprint density at radius 2 is 1.41 bits per heavy atom. The van der Waals surface area contributed by atoms with Crippen LogP contribution in [0.2, 0.25) is 0 Å². The van der Waals surface area contributed by atoms with E-state index in [1.54, 1.807) is 6.33 Å². The second kappa shape index (κ2) is 13.0. The fraction of sp³-hybridized carbons (Fsp3) is 0.189. The third kappa shape index (κ3) is 5.67. The van der Waals surface area contributed by atoms with Crippen molar-refractivity contribution < 1.29 is 14.6 Å². The first-order valence-electron chi connectivity index (χ1n) is 15.3. The normalized spacial score (nSPS) is 17.2. The second-order valence-electron chi connectivity index (χ2n) is 11.3. The monoisotopic (exact) mass is 609 g/mol. The number of hydrogen-bond donors (Lipinski definition) is 2. The number of anilines is 1. The van der Waals surface area contributed by atoms with Crippen molar-refractivity contribution >= 4 is 23.0 Å². The molecule has 1 radical (unpaired) electrons. The van der Waals surface area contributed by atoms with E-state index in [9.17, 15) is 9.90 Å². The van der Waals surface area contributed by atoms with E-state index < -0.39 is 17.9 Å². The predicted octanol–water partition coefficient (Wildman–Crippen LogP) is 4.99. The van der Waals surface area contributed by atoms with Gasteiger partial charge in [-0.05, 0) is 22.3 Å². The van der Waals surface area contributed by atoms with Gasteiger partial charge in [-0.15, -0.1) is 0 Å². The van der Waals surface area contributed by atoms with Crippen LogP contribution in [0, 0.1) is 6.20 Å². The number of carbonyl (C=O) groups is 1. The third-order valence-electron chi connectivity index (χ3n) is 8.42. The topological polar surface area (TPSA) is 105 Å². The van der Waals surface area contributed by atoms with Crippen LogP contribution in [-0.4, -0.2) is 61.2 Å². The van der Waals surface area contributed by atoms with Crippen LogP contribution in [0.3, 0.4) is 0 Å². The molecule has 3 heterocycles. The molecule has 0 aliphatic carbocycles. The number of nitrogens with one attached hydrogen (secondary N) is 1. The Hall–Kier alpha value is -5.22. The Morgan fingerprint density at radius 3 is 1.98 bits per heavy atom. The Morgan fingerprint density at radius 1 is 0.848 bits per heavy atom. The number of imidazole rings is 1. The maximum atomic E-state index is 12.8. The summed E-state index contributed by atoms with van der Waals surface area (Å²) >= 11 is 0. The molecular weight excluding hydrogens is 576 g/mol. The van der Waals surface area contributed by atoms with E-state index in [0.717, 1.165) is 22.3 Å². The lowest BCUT2D eigenvalue weighted by Crippen LogP contribution is -2.57. The number of rotatable bonds is 9. The van der Waals surface area contributed by atoms with E-state index in [1.165, 1.54) is 0 Å². The fourth-order valence-electron chi connectivity index (χ4n) is 6.42. The molecule has 2 atom stereocenters. The van der Waals surface area contributed by atoms with Crippen LogP contribution in [0.5, 0.6) is 0 Å². The molecule has 4 aromatic carbocycles. The molecule has 1 aliphatic rings. The number of morpholine rings is 1. The van der Waals surface area contributed by atoms with Gasteiger partial charge >= 0.3 is 0 Å². The maximum Gasteiger partial charge on any atom is 0.232 e. The Kier molecular flexibility index (Phi) is 8.35. The molecule has 2 unspecified atom stereocenters. The number of nitrogens with zero attached hydrogens (tertiary/aromatic N) is 5. The summed E-state index contributed by atoms with van der Waals surface area (Å²) in [6, 6.07) is 40.8. The first kappa shape index (κ1) is 29.5. The minimum atomic E-state index is -0.701. The van der Waals surface area contributed by atoms with Gasteiger partial charge in [0.15, 0.2) is 5.65 Å². The molecule has 2 N–H and O–H groups in total. The van der Waals surface area contributed by atoms with Crippen molar-refractivity contribution in [1.82, 2.24) is 24.4 Å². The van der Waals surface area contributed by atoms with Crippen LogP contribution in [0.25, 0.3) is 11.2 Å². The van der Waals surface area contributed by atoms with Gasteiger partial charge in [0.05, 0.1) is 31.0 Å². The van der Waals surface area contributed by atoms with E-state index in [4.69, 9.17) is 4.74 Å².